The summed E-state index contributed by atoms with van der Waals surface area (Å²) in [4.78, 5) is 14.4. The number of anilines is 1. The van der Waals surface area contributed by atoms with E-state index in [1.54, 1.807) is 55.6 Å². The fourth-order valence-electron chi connectivity index (χ4n) is 4.37. The van der Waals surface area contributed by atoms with E-state index >= 15 is 0 Å². The second kappa shape index (κ2) is 13.3. The molecule has 1 atom stereocenters. The molecule has 3 aromatic carbocycles. The second-order valence-electron chi connectivity index (χ2n) is 9.51. The minimum Gasteiger partial charge on any atom is -0.496 e. The maximum absolute atomic E-state index is 13.8. The van der Waals surface area contributed by atoms with Crippen molar-refractivity contribution < 1.29 is 22.7 Å². The highest BCUT2D eigenvalue weighted by Crippen LogP contribution is 2.32. The van der Waals surface area contributed by atoms with Crippen molar-refractivity contribution in [1.29, 1.82) is 0 Å². The number of hydrogen-bond acceptors (Lipinski definition) is 6. The molecule has 0 aliphatic heterocycles. The van der Waals surface area contributed by atoms with E-state index in [9.17, 15) is 13.2 Å². The molecule has 9 heteroatoms. The molecule has 0 saturated heterocycles. The maximum Gasteiger partial charge on any atom is 0.264 e. The number of aryl methyl sites for hydroxylation is 1. The third-order valence-corrected chi connectivity index (χ3v) is 8.99. The first-order chi connectivity index (χ1) is 18.5. The zero-order valence-electron chi connectivity index (χ0n) is 23.6. The van der Waals surface area contributed by atoms with E-state index in [1.807, 2.05) is 33.1 Å². The van der Waals surface area contributed by atoms with E-state index in [1.165, 1.54) is 11.8 Å². The minimum atomic E-state index is -4.03. The van der Waals surface area contributed by atoms with Gasteiger partial charge in [-0.2, -0.15) is 0 Å². The standard InChI is InChI=1S/C30H38N2O5S2/c1-8-37-24-11-9-23(10-12-24)32(39(34,35)26-15-13-25(38-7)14-16-26)19-30(33)31-22(5)28-18-27(20(2)3)29(36-6)17-21(28)4/h9-18,20,22H,8,19H2,1-7H3,(H,31,33). The molecule has 0 aromatic heterocycles. The smallest absolute Gasteiger partial charge is 0.264 e. The van der Waals surface area contributed by atoms with E-state index < -0.39 is 15.9 Å². The van der Waals surface area contributed by atoms with Crippen LogP contribution in [0.2, 0.25) is 0 Å². The molecule has 0 heterocycles. The number of hydrogen-bond donors (Lipinski definition) is 1. The molecule has 0 fully saturated rings. The lowest BCUT2D eigenvalue weighted by Gasteiger charge is -2.26. The Labute approximate surface area is 237 Å². The molecule has 0 aliphatic carbocycles. The molecule has 1 unspecified atom stereocenters. The number of rotatable bonds is 12. The Kier molecular flexibility index (Phi) is 10.3. The molecule has 0 saturated carbocycles. The highest BCUT2D eigenvalue weighted by Gasteiger charge is 2.28. The molecule has 0 bridgehead atoms. The molecule has 1 N–H and O–H groups in total. The molecule has 0 spiro atoms. The van der Waals surface area contributed by atoms with Gasteiger partial charge in [-0.25, -0.2) is 8.42 Å². The van der Waals surface area contributed by atoms with Crippen molar-refractivity contribution in [2.45, 2.75) is 56.4 Å². The average Bonchev–Trinajstić information content (AvgIpc) is 2.91. The van der Waals surface area contributed by atoms with E-state index in [-0.39, 0.29) is 23.4 Å². The molecule has 1 amide bonds. The van der Waals surface area contributed by atoms with Crippen molar-refractivity contribution in [3.63, 3.8) is 0 Å². The predicted octanol–water partition coefficient (Wildman–Crippen LogP) is 6.32. The number of thioether (sulfide) groups is 1. The number of ether oxygens (including phenoxy) is 2. The van der Waals surface area contributed by atoms with Gasteiger partial charge in [0.25, 0.3) is 10.0 Å². The van der Waals surface area contributed by atoms with Crippen molar-refractivity contribution in [1.82, 2.24) is 5.32 Å². The monoisotopic (exact) mass is 570 g/mol. The van der Waals surface area contributed by atoms with Gasteiger partial charge in [0.15, 0.2) is 0 Å². The topological polar surface area (TPSA) is 84.9 Å². The number of methoxy groups -OCH3 is 1. The molecule has 210 valence electrons. The van der Waals surface area contributed by atoms with Gasteiger partial charge in [0.2, 0.25) is 5.91 Å². The lowest BCUT2D eigenvalue weighted by atomic mass is 9.93. The van der Waals surface area contributed by atoms with Gasteiger partial charge in [-0.3, -0.25) is 9.10 Å². The molecular weight excluding hydrogens is 532 g/mol. The van der Waals surface area contributed by atoms with Crippen LogP contribution in [-0.2, 0) is 14.8 Å². The zero-order chi connectivity index (χ0) is 28.7. The Morgan fingerprint density at radius 2 is 1.64 bits per heavy atom. The van der Waals surface area contributed by atoms with Crippen molar-refractivity contribution in [3.8, 4) is 11.5 Å². The van der Waals surface area contributed by atoms with Crippen LogP contribution in [-0.4, -0.2) is 40.8 Å². The van der Waals surface area contributed by atoms with Crippen LogP contribution >= 0.6 is 11.8 Å². The van der Waals surface area contributed by atoms with Gasteiger partial charge in [-0.1, -0.05) is 13.8 Å². The van der Waals surface area contributed by atoms with E-state index in [0.717, 1.165) is 31.6 Å². The predicted molar refractivity (Wildman–Crippen MR) is 159 cm³/mol. The summed E-state index contributed by atoms with van der Waals surface area (Å²) >= 11 is 1.53. The number of benzene rings is 3. The van der Waals surface area contributed by atoms with Crippen molar-refractivity contribution in [2.24, 2.45) is 0 Å². The minimum absolute atomic E-state index is 0.114. The number of sulfonamides is 1. The number of nitrogens with one attached hydrogen (secondary N) is 1. The molecule has 3 rings (SSSR count). The first-order valence-corrected chi connectivity index (χ1v) is 15.6. The first kappa shape index (κ1) is 30.4. The van der Waals surface area contributed by atoms with Crippen molar-refractivity contribution in [3.05, 3.63) is 77.4 Å². The summed E-state index contributed by atoms with van der Waals surface area (Å²) in [6.45, 7) is 10.0. The van der Waals surface area contributed by atoms with E-state index in [0.29, 0.717) is 18.0 Å². The summed E-state index contributed by atoms with van der Waals surface area (Å²) < 4.78 is 39.7. The summed E-state index contributed by atoms with van der Waals surface area (Å²) in [6, 6.07) is 17.0. The summed E-state index contributed by atoms with van der Waals surface area (Å²) in [5, 5.41) is 3.00. The summed E-state index contributed by atoms with van der Waals surface area (Å²) in [5.41, 5.74) is 3.36. The van der Waals surface area contributed by atoms with Gasteiger partial charge in [-0.05, 0) is 110 Å². The van der Waals surface area contributed by atoms with Crippen LogP contribution in [0.4, 0.5) is 5.69 Å². The highest BCUT2D eigenvalue weighted by atomic mass is 32.2. The Balaban J connectivity index is 1.92. The van der Waals surface area contributed by atoms with E-state index in [2.05, 4.69) is 25.2 Å². The average molecular weight is 571 g/mol. The lowest BCUT2D eigenvalue weighted by molar-refractivity contribution is -0.120. The molecule has 3 aromatic rings. The van der Waals surface area contributed by atoms with Gasteiger partial charge in [0.1, 0.15) is 18.0 Å². The van der Waals surface area contributed by atoms with Crippen LogP contribution in [0.1, 0.15) is 56.3 Å². The normalized spacial score (nSPS) is 12.2. The molecular formula is C30H38N2O5S2. The quantitative estimate of drug-likeness (QED) is 0.257. The van der Waals surface area contributed by atoms with Crippen LogP contribution in [0.5, 0.6) is 11.5 Å². The zero-order valence-corrected chi connectivity index (χ0v) is 25.3. The summed E-state index contributed by atoms with van der Waals surface area (Å²) in [5.74, 6) is 1.25. The third kappa shape index (κ3) is 7.28. The Morgan fingerprint density at radius 1 is 1.00 bits per heavy atom. The number of amides is 1. The number of carbonyl (C=O) groups is 1. The van der Waals surface area contributed by atoms with Crippen LogP contribution in [0, 0.1) is 6.92 Å². The van der Waals surface area contributed by atoms with Gasteiger partial charge in [0.05, 0.1) is 30.3 Å². The second-order valence-corrected chi connectivity index (χ2v) is 12.3. The Bertz CT molecular complexity index is 1370. The Hall–Kier alpha value is -3.17. The molecule has 0 aliphatic rings. The van der Waals surface area contributed by atoms with Gasteiger partial charge < -0.3 is 14.8 Å². The number of carbonyl (C=O) groups excluding carboxylic acids is 1. The summed E-state index contributed by atoms with van der Waals surface area (Å²) in [7, 11) is -2.38. The summed E-state index contributed by atoms with van der Waals surface area (Å²) in [6.07, 6.45) is 1.93. The Morgan fingerprint density at radius 3 is 2.18 bits per heavy atom. The third-order valence-electron chi connectivity index (χ3n) is 6.45. The van der Waals surface area contributed by atoms with Crippen LogP contribution in [0.25, 0.3) is 0 Å². The molecule has 0 radical (unpaired) electrons. The van der Waals surface area contributed by atoms with Crippen LogP contribution in [0.15, 0.2) is 70.5 Å². The molecule has 7 nitrogen and oxygen atoms in total. The van der Waals surface area contributed by atoms with Crippen LogP contribution in [0.3, 0.4) is 0 Å². The van der Waals surface area contributed by atoms with Crippen molar-refractivity contribution >= 4 is 33.4 Å². The SMILES string of the molecule is CCOc1ccc(N(CC(=O)NC(C)c2cc(C(C)C)c(OC)cc2C)S(=O)(=O)c2ccc(SC)cc2)cc1. The van der Waals surface area contributed by atoms with Crippen molar-refractivity contribution in [2.75, 3.05) is 30.8 Å². The van der Waals surface area contributed by atoms with E-state index in [4.69, 9.17) is 9.47 Å². The maximum atomic E-state index is 13.8. The van der Waals surface area contributed by atoms with Crippen LogP contribution < -0.4 is 19.1 Å². The first-order valence-electron chi connectivity index (χ1n) is 12.9. The van der Waals surface area contributed by atoms with Gasteiger partial charge in [-0.15, -0.1) is 11.8 Å². The lowest BCUT2D eigenvalue weighted by Crippen LogP contribution is -2.41. The fourth-order valence-corrected chi connectivity index (χ4v) is 6.20. The van der Waals surface area contributed by atoms with Gasteiger partial charge in [0, 0.05) is 4.90 Å². The highest BCUT2D eigenvalue weighted by molar-refractivity contribution is 7.98. The number of nitrogens with zero attached hydrogens (tertiary/aromatic N) is 1. The van der Waals surface area contributed by atoms with Gasteiger partial charge >= 0.3 is 0 Å². The fraction of sp³-hybridized carbons (Fsp3) is 0.367. The molecule has 39 heavy (non-hydrogen) atoms. The largest absolute Gasteiger partial charge is 0.496 e.